The number of amides is 1. The number of carbonyl (C=O) groups excluding carboxylic acids is 1. The predicted molar refractivity (Wildman–Crippen MR) is 108 cm³/mol. The van der Waals surface area contributed by atoms with Gasteiger partial charge in [-0.25, -0.2) is 0 Å². The number of aryl methyl sites for hydroxylation is 1. The first-order valence-corrected chi connectivity index (χ1v) is 9.33. The van der Waals surface area contributed by atoms with Crippen LogP contribution in [0.1, 0.15) is 23.6 Å². The molecule has 0 N–H and O–H groups in total. The molecule has 0 radical (unpaired) electrons. The molecule has 0 unspecified atom stereocenters. The number of carbonyl (C=O) groups is 1. The summed E-state index contributed by atoms with van der Waals surface area (Å²) >= 11 is 6.59. The summed E-state index contributed by atoms with van der Waals surface area (Å²) < 4.78 is 6.53. The minimum atomic E-state index is -0.0243. The Morgan fingerprint density at radius 1 is 1.20 bits per heavy atom. The van der Waals surface area contributed by atoms with Gasteiger partial charge < -0.3 is 4.74 Å². The highest BCUT2D eigenvalue weighted by Crippen LogP contribution is 2.32. The normalized spacial score (nSPS) is 15.9. The van der Waals surface area contributed by atoms with Crippen LogP contribution in [0.15, 0.2) is 53.4 Å². The third-order valence-electron chi connectivity index (χ3n) is 4.00. The third-order valence-corrected chi connectivity index (χ3v) is 5.38. The van der Waals surface area contributed by atoms with Gasteiger partial charge in [0, 0.05) is 6.54 Å². The molecule has 2 aromatic carbocycles. The molecule has 0 spiro atoms. The zero-order valence-electron chi connectivity index (χ0n) is 14.2. The maximum Gasteiger partial charge on any atom is 0.266 e. The number of nitrogens with zero attached hydrogens (tertiary/aromatic N) is 1. The highest BCUT2D eigenvalue weighted by atomic mass is 32.2. The maximum atomic E-state index is 12.3. The number of rotatable bonds is 5. The van der Waals surface area contributed by atoms with E-state index in [1.54, 1.807) is 4.90 Å². The molecule has 25 heavy (non-hydrogen) atoms. The molecule has 0 bridgehead atoms. The van der Waals surface area contributed by atoms with Crippen molar-refractivity contribution >= 4 is 40.3 Å². The summed E-state index contributed by atoms with van der Waals surface area (Å²) in [7, 11) is 0. The van der Waals surface area contributed by atoms with E-state index in [4.69, 9.17) is 17.0 Å². The maximum absolute atomic E-state index is 12.3. The highest BCUT2D eigenvalue weighted by molar-refractivity contribution is 8.26. The largest absolute Gasteiger partial charge is 0.489 e. The number of likely N-dealkylation sites (N-methyl/N-ethyl adjacent to an activating group) is 1. The van der Waals surface area contributed by atoms with Crippen LogP contribution in [0.4, 0.5) is 0 Å². The Kier molecular flexibility index (Phi) is 5.56. The second-order valence-electron chi connectivity index (χ2n) is 5.71. The highest BCUT2D eigenvalue weighted by Gasteiger charge is 2.30. The van der Waals surface area contributed by atoms with Crippen molar-refractivity contribution < 1.29 is 9.53 Å². The molecule has 1 heterocycles. The van der Waals surface area contributed by atoms with E-state index in [1.165, 1.54) is 17.3 Å². The van der Waals surface area contributed by atoms with Gasteiger partial charge in [-0.3, -0.25) is 9.69 Å². The predicted octanol–water partition coefficient (Wildman–Crippen LogP) is 4.80. The van der Waals surface area contributed by atoms with E-state index in [2.05, 4.69) is 19.1 Å². The summed E-state index contributed by atoms with van der Waals surface area (Å²) in [6, 6.07) is 15.9. The topological polar surface area (TPSA) is 29.5 Å². The minimum absolute atomic E-state index is 0.0243. The fourth-order valence-corrected chi connectivity index (χ4v) is 3.94. The molecule has 0 atom stereocenters. The lowest BCUT2D eigenvalue weighted by Gasteiger charge is -2.10. The molecular weight excluding hydrogens is 350 g/mol. The summed E-state index contributed by atoms with van der Waals surface area (Å²) in [5, 5.41) is 0. The molecule has 1 aliphatic rings. The molecule has 0 saturated carbocycles. The Morgan fingerprint density at radius 2 is 2.00 bits per heavy atom. The lowest BCUT2D eigenvalue weighted by atomic mass is 10.1. The number of thioether (sulfide) groups is 1. The molecule has 128 valence electrons. The first-order chi connectivity index (χ1) is 12.1. The molecule has 1 fully saturated rings. The molecule has 3 nitrogen and oxygen atoms in total. The molecule has 1 amide bonds. The number of benzene rings is 2. The summed E-state index contributed by atoms with van der Waals surface area (Å²) in [5.74, 6) is 0.756. The van der Waals surface area contributed by atoms with Crippen LogP contribution in [0.3, 0.4) is 0 Å². The number of thiocarbonyl (C=S) groups is 1. The summed E-state index contributed by atoms with van der Waals surface area (Å²) in [5.41, 5.74) is 3.30. The van der Waals surface area contributed by atoms with Crippen LogP contribution in [-0.2, 0) is 11.4 Å². The monoisotopic (exact) mass is 369 g/mol. The Balaban J connectivity index is 1.74. The molecule has 2 aromatic rings. The molecule has 0 aliphatic carbocycles. The van der Waals surface area contributed by atoms with Crippen LogP contribution < -0.4 is 4.74 Å². The van der Waals surface area contributed by atoms with Crippen LogP contribution in [0, 0.1) is 6.92 Å². The Hall–Kier alpha value is -2.11. The minimum Gasteiger partial charge on any atom is -0.489 e. The van der Waals surface area contributed by atoms with Gasteiger partial charge in [0.15, 0.2) is 0 Å². The van der Waals surface area contributed by atoms with Crippen LogP contribution in [0.2, 0.25) is 0 Å². The van der Waals surface area contributed by atoms with E-state index in [0.717, 1.165) is 16.9 Å². The van der Waals surface area contributed by atoms with E-state index < -0.39 is 0 Å². The zero-order chi connectivity index (χ0) is 17.8. The van der Waals surface area contributed by atoms with Gasteiger partial charge in [0.2, 0.25) is 0 Å². The summed E-state index contributed by atoms with van der Waals surface area (Å²) in [4.78, 5) is 14.6. The first kappa shape index (κ1) is 17.7. The van der Waals surface area contributed by atoms with Gasteiger partial charge in [-0.15, -0.1) is 0 Å². The molecule has 5 heteroatoms. The standard InChI is InChI=1S/C20H19NO2S2/c1-3-21-19(22)18(25-20(21)24)12-15-8-6-10-17(11-15)23-13-16-9-5-4-7-14(16)2/h4-12H,3,13H2,1-2H3/b18-12-. The van der Waals surface area contributed by atoms with Crippen LogP contribution in [0.25, 0.3) is 6.08 Å². The van der Waals surface area contributed by atoms with Gasteiger partial charge in [-0.1, -0.05) is 60.4 Å². The lowest BCUT2D eigenvalue weighted by molar-refractivity contribution is -0.121. The van der Waals surface area contributed by atoms with Crippen molar-refractivity contribution in [3.63, 3.8) is 0 Å². The fraction of sp³-hybridized carbons (Fsp3) is 0.200. The zero-order valence-corrected chi connectivity index (χ0v) is 15.8. The second kappa shape index (κ2) is 7.85. The third kappa shape index (κ3) is 4.11. The number of hydrogen-bond acceptors (Lipinski definition) is 4. The molecule has 1 saturated heterocycles. The van der Waals surface area contributed by atoms with E-state index in [1.807, 2.05) is 49.4 Å². The summed E-state index contributed by atoms with van der Waals surface area (Å²) in [6.45, 7) is 5.12. The Labute approximate surface area is 157 Å². The molecular formula is C20H19NO2S2. The van der Waals surface area contributed by atoms with Crippen molar-refractivity contribution in [3.8, 4) is 5.75 Å². The lowest BCUT2D eigenvalue weighted by Crippen LogP contribution is -2.27. The molecule has 1 aliphatic heterocycles. The van der Waals surface area contributed by atoms with Gasteiger partial charge in [0.05, 0.1) is 4.91 Å². The molecule has 0 aromatic heterocycles. The van der Waals surface area contributed by atoms with Crippen molar-refractivity contribution in [2.24, 2.45) is 0 Å². The van der Waals surface area contributed by atoms with E-state index in [0.29, 0.717) is 22.4 Å². The van der Waals surface area contributed by atoms with Gasteiger partial charge in [0.25, 0.3) is 5.91 Å². The van der Waals surface area contributed by atoms with Crippen molar-refractivity contribution in [2.75, 3.05) is 6.54 Å². The van der Waals surface area contributed by atoms with Gasteiger partial charge >= 0.3 is 0 Å². The van der Waals surface area contributed by atoms with Gasteiger partial charge in [-0.05, 0) is 48.7 Å². The Bertz CT molecular complexity index is 845. The average Bonchev–Trinajstić information content (AvgIpc) is 2.87. The van der Waals surface area contributed by atoms with Crippen molar-refractivity contribution in [2.45, 2.75) is 20.5 Å². The Morgan fingerprint density at radius 3 is 2.72 bits per heavy atom. The second-order valence-corrected chi connectivity index (χ2v) is 7.39. The van der Waals surface area contributed by atoms with E-state index in [9.17, 15) is 4.79 Å². The van der Waals surface area contributed by atoms with Gasteiger partial charge in [0.1, 0.15) is 16.7 Å². The fourth-order valence-electron chi connectivity index (χ4n) is 2.55. The summed E-state index contributed by atoms with van der Waals surface area (Å²) in [6.07, 6.45) is 1.87. The number of ether oxygens (including phenoxy) is 1. The van der Waals surface area contributed by atoms with E-state index >= 15 is 0 Å². The van der Waals surface area contributed by atoms with Crippen LogP contribution in [-0.4, -0.2) is 21.7 Å². The van der Waals surface area contributed by atoms with Crippen molar-refractivity contribution in [3.05, 3.63) is 70.1 Å². The van der Waals surface area contributed by atoms with Crippen molar-refractivity contribution in [1.29, 1.82) is 0 Å². The molecule has 3 rings (SSSR count). The van der Waals surface area contributed by atoms with Crippen molar-refractivity contribution in [1.82, 2.24) is 4.90 Å². The quantitative estimate of drug-likeness (QED) is 0.559. The van der Waals surface area contributed by atoms with Crippen LogP contribution >= 0.6 is 24.0 Å². The van der Waals surface area contributed by atoms with Crippen LogP contribution in [0.5, 0.6) is 5.75 Å². The first-order valence-electron chi connectivity index (χ1n) is 8.11. The van der Waals surface area contributed by atoms with E-state index in [-0.39, 0.29) is 5.91 Å². The average molecular weight is 370 g/mol. The van der Waals surface area contributed by atoms with Gasteiger partial charge in [-0.2, -0.15) is 0 Å². The smallest absolute Gasteiger partial charge is 0.266 e. The SMILES string of the molecule is CCN1C(=O)/C(=C/c2cccc(OCc3ccccc3C)c2)SC1=S. The number of hydrogen-bond donors (Lipinski definition) is 0.